The number of Topliss-reactive ketones (excluding diaryl/α,β-unsaturated/α-hetero) is 1. The summed E-state index contributed by atoms with van der Waals surface area (Å²) in [6.07, 6.45) is 1.82. The second-order valence-electron chi connectivity index (χ2n) is 4.38. The topological polar surface area (TPSA) is 29.4 Å². The molecule has 1 aliphatic heterocycles. The van der Waals surface area contributed by atoms with E-state index in [9.17, 15) is 4.79 Å². The summed E-state index contributed by atoms with van der Waals surface area (Å²) in [6.45, 7) is 0. The summed E-state index contributed by atoms with van der Waals surface area (Å²) in [7, 11) is 0. The van der Waals surface area contributed by atoms with Crippen molar-refractivity contribution in [1.82, 2.24) is 0 Å². The molecule has 0 radical (unpaired) electrons. The lowest BCUT2D eigenvalue weighted by molar-refractivity contribution is -0.116. The van der Waals surface area contributed by atoms with Gasteiger partial charge in [0.1, 0.15) is 6.04 Å². The zero-order valence-corrected chi connectivity index (χ0v) is 10.7. The Labute approximate surface area is 110 Å². The number of carbonyl (C=O) groups excluding carboxylic acids is 1. The number of thioether (sulfide) groups is 1. The number of carbonyl (C=O) groups is 1. The van der Waals surface area contributed by atoms with E-state index < -0.39 is 0 Å². The summed E-state index contributed by atoms with van der Waals surface area (Å²) in [4.78, 5) is 15.9. The van der Waals surface area contributed by atoms with Gasteiger partial charge in [-0.15, -0.1) is 0 Å². The molecule has 1 unspecified atom stereocenters. The van der Waals surface area contributed by atoms with Crippen molar-refractivity contribution in [2.24, 2.45) is 4.99 Å². The highest BCUT2D eigenvalue weighted by atomic mass is 32.2. The maximum atomic E-state index is 11.5. The molecule has 1 fully saturated rings. The quantitative estimate of drug-likeness (QED) is 0.772. The van der Waals surface area contributed by atoms with E-state index in [1.807, 2.05) is 24.4 Å². The summed E-state index contributed by atoms with van der Waals surface area (Å²) in [5.74, 6) is 1.68. The maximum Gasteiger partial charge on any atom is 0.167 e. The van der Waals surface area contributed by atoms with Crippen molar-refractivity contribution in [2.45, 2.75) is 6.04 Å². The Morgan fingerprint density at radius 2 is 2.00 bits per heavy atom. The predicted molar refractivity (Wildman–Crippen MR) is 77.7 cm³/mol. The third kappa shape index (κ3) is 2.31. The van der Waals surface area contributed by atoms with E-state index in [-0.39, 0.29) is 11.8 Å². The summed E-state index contributed by atoms with van der Waals surface area (Å²) in [5, 5.41) is 2.43. The van der Waals surface area contributed by atoms with Gasteiger partial charge in [0.25, 0.3) is 0 Å². The monoisotopic (exact) mass is 255 g/mol. The lowest BCUT2D eigenvalue weighted by Crippen LogP contribution is -2.15. The second-order valence-corrected chi connectivity index (χ2v) is 5.41. The van der Waals surface area contributed by atoms with Crippen LogP contribution in [0.5, 0.6) is 0 Å². The fourth-order valence-electron chi connectivity index (χ4n) is 2.05. The minimum atomic E-state index is -0.138. The molecule has 2 aromatic rings. The van der Waals surface area contributed by atoms with Crippen molar-refractivity contribution < 1.29 is 4.79 Å². The zero-order chi connectivity index (χ0) is 12.4. The first-order valence-corrected chi connectivity index (χ1v) is 7.11. The molecule has 0 aliphatic carbocycles. The molecule has 1 atom stereocenters. The molecule has 3 heteroatoms. The number of ketones is 1. The molecule has 0 amide bonds. The maximum absolute atomic E-state index is 11.5. The van der Waals surface area contributed by atoms with Gasteiger partial charge in [-0.3, -0.25) is 9.79 Å². The Morgan fingerprint density at radius 1 is 1.17 bits per heavy atom. The van der Waals surface area contributed by atoms with Crippen LogP contribution in [-0.4, -0.2) is 29.5 Å². The summed E-state index contributed by atoms with van der Waals surface area (Å²) >= 11 is 1.66. The molecule has 0 bridgehead atoms. The standard InChI is InChI=1S/C15H13NOS/c17-15-10-18-9-14(15)16-8-11-5-6-12-3-1-2-4-13(12)7-11/h1-8,14H,9-10H2. The normalized spacial score (nSPS) is 20.0. The Kier molecular flexibility index (Phi) is 3.15. The van der Waals surface area contributed by atoms with E-state index in [1.165, 1.54) is 10.8 Å². The van der Waals surface area contributed by atoms with Gasteiger partial charge in [-0.2, -0.15) is 11.8 Å². The highest BCUT2D eigenvalue weighted by Gasteiger charge is 2.23. The summed E-state index contributed by atoms with van der Waals surface area (Å²) < 4.78 is 0. The number of nitrogens with zero attached hydrogens (tertiary/aromatic N) is 1. The van der Waals surface area contributed by atoms with Crippen LogP contribution >= 0.6 is 11.8 Å². The van der Waals surface area contributed by atoms with E-state index >= 15 is 0 Å². The Hall–Kier alpha value is -1.61. The molecule has 0 N–H and O–H groups in total. The van der Waals surface area contributed by atoms with Crippen molar-refractivity contribution >= 4 is 34.5 Å². The number of rotatable bonds is 2. The van der Waals surface area contributed by atoms with E-state index in [0.29, 0.717) is 5.75 Å². The fourth-order valence-corrected chi connectivity index (χ4v) is 3.06. The molecule has 0 spiro atoms. The molecule has 1 aliphatic rings. The Morgan fingerprint density at radius 3 is 2.78 bits per heavy atom. The van der Waals surface area contributed by atoms with E-state index in [4.69, 9.17) is 0 Å². The molecule has 2 aromatic carbocycles. The largest absolute Gasteiger partial charge is 0.296 e. The van der Waals surface area contributed by atoms with Gasteiger partial charge in [-0.25, -0.2) is 0 Å². The lowest BCUT2D eigenvalue weighted by atomic mass is 10.1. The van der Waals surface area contributed by atoms with Crippen molar-refractivity contribution in [3.63, 3.8) is 0 Å². The molecular formula is C15H13NOS. The highest BCUT2D eigenvalue weighted by molar-refractivity contribution is 8.00. The van der Waals surface area contributed by atoms with Gasteiger partial charge >= 0.3 is 0 Å². The number of benzene rings is 2. The lowest BCUT2D eigenvalue weighted by Gasteiger charge is -2.01. The minimum absolute atomic E-state index is 0.138. The number of hydrogen-bond acceptors (Lipinski definition) is 3. The number of fused-ring (bicyclic) bond motifs is 1. The molecule has 18 heavy (non-hydrogen) atoms. The van der Waals surface area contributed by atoms with Crippen LogP contribution in [0.25, 0.3) is 10.8 Å². The average molecular weight is 255 g/mol. The van der Waals surface area contributed by atoms with Crippen LogP contribution in [0.4, 0.5) is 0 Å². The van der Waals surface area contributed by atoms with Crippen molar-refractivity contribution in [3.05, 3.63) is 48.0 Å². The summed E-state index contributed by atoms with van der Waals surface area (Å²) in [6, 6.07) is 14.3. The zero-order valence-electron chi connectivity index (χ0n) is 9.87. The smallest absolute Gasteiger partial charge is 0.167 e. The Bertz CT molecular complexity index is 621. The van der Waals surface area contributed by atoms with Crippen LogP contribution in [0, 0.1) is 0 Å². The third-order valence-electron chi connectivity index (χ3n) is 3.07. The predicted octanol–water partition coefficient (Wildman–Crippen LogP) is 2.94. The van der Waals surface area contributed by atoms with E-state index in [0.717, 1.165) is 11.3 Å². The first-order valence-electron chi connectivity index (χ1n) is 5.95. The SMILES string of the molecule is O=C1CSCC1N=Cc1ccc2ccccc2c1. The van der Waals surface area contributed by atoms with Crippen LogP contribution in [0.1, 0.15) is 5.56 Å². The molecule has 3 rings (SSSR count). The number of aliphatic imine (C=N–C) groups is 1. The van der Waals surface area contributed by atoms with Crippen LogP contribution < -0.4 is 0 Å². The first-order chi connectivity index (χ1) is 8.83. The van der Waals surface area contributed by atoms with Crippen LogP contribution in [-0.2, 0) is 4.79 Å². The van der Waals surface area contributed by atoms with Crippen molar-refractivity contribution in [3.8, 4) is 0 Å². The Balaban J connectivity index is 1.86. The highest BCUT2D eigenvalue weighted by Crippen LogP contribution is 2.18. The van der Waals surface area contributed by atoms with Gasteiger partial charge in [-0.1, -0.05) is 36.4 Å². The first kappa shape index (κ1) is 11.5. The number of hydrogen-bond donors (Lipinski definition) is 0. The van der Waals surface area contributed by atoms with E-state index in [2.05, 4.69) is 29.3 Å². The van der Waals surface area contributed by atoms with Gasteiger partial charge in [-0.05, 0) is 22.4 Å². The summed E-state index contributed by atoms with van der Waals surface area (Å²) in [5.41, 5.74) is 1.05. The minimum Gasteiger partial charge on any atom is -0.296 e. The van der Waals surface area contributed by atoms with Gasteiger partial charge in [0.05, 0.1) is 5.75 Å². The van der Waals surface area contributed by atoms with Crippen LogP contribution in [0.15, 0.2) is 47.5 Å². The molecule has 90 valence electrons. The molecule has 0 saturated carbocycles. The van der Waals surface area contributed by atoms with Crippen LogP contribution in [0.2, 0.25) is 0 Å². The average Bonchev–Trinajstić information content (AvgIpc) is 2.82. The van der Waals surface area contributed by atoms with Crippen molar-refractivity contribution in [2.75, 3.05) is 11.5 Å². The third-order valence-corrected chi connectivity index (χ3v) is 4.11. The molecule has 1 saturated heterocycles. The van der Waals surface area contributed by atoms with Gasteiger partial charge in [0, 0.05) is 12.0 Å². The van der Waals surface area contributed by atoms with Gasteiger partial charge in [0.15, 0.2) is 5.78 Å². The van der Waals surface area contributed by atoms with Gasteiger partial charge in [0.2, 0.25) is 0 Å². The molecule has 0 aromatic heterocycles. The van der Waals surface area contributed by atoms with Gasteiger partial charge < -0.3 is 0 Å². The second kappa shape index (κ2) is 4.94. The molecule has 2 nitrogen and oxygen atoms in total. The van der Waals surface area contributed by atoms with E-state index in [1.54, 1.807) is 11.8 Å². The molecule has 1 heterocycles. The molecular weight excluding hydrogens is 242 g/mol. The van der Waals surface area contributed by atoms with Crippen LogP contribution in [0.3, 0.4) is 0 Å². The fraction of sp³-hybridized carbons (Fsp3) is 0.200. The van der Waals surface area contributed by atoms with Crippen molar-refractivity contribution in [1.29, 1.82) is 0 Å².